The summed E-state index contributed by atoms with van der Waals surface area (Å²) >= 11 is 0. The number of rotatable bonds is 2. The number of urea groups is 1. The third-order valence-electron chi connectivity index (χ3n) is 1.31. The number of nitrogens with one attached hydrogen (secondary N) is 2. The van der Waals surface area contributed by atoms with Crippen LogP contribution in [0.3, 0.4) is 0 Å². The molecular formula is C7H10N4O. The molecule has 0 saturated heterocycles. The second-order valence-corrected chi connectivity index (χ2v) is 2.19. The third kappa shape index (κ3) is 2.55. The Hall–Kier alpha value is -1.62. The first-order valence-electron chi connectivity index (χ1n) is 3.46. The fraction of sp³-hybridized carbons (Fsp3) is 0.143. The summed E-state index contributed by atoms with van der Waals surface area (Å²) in [5.74, 6) is 4.86. The summed E-state index contributed by atoms with van der Waals surface area (Å²) in [5.41, 5.74) is 2.90. The van der Waals surface area contributed by atoms with Crippen molar-refractivity contribution in [1.82, 2.24) is 15.7 Å². The average molecular weight is 166 g/mol. The van der Waals surface area contributed by atoms with Crippen LogP contribution in [0.2, 0.25) is 0 Å². The zero-order valence-electron chi connectivity index (χ0n) is 6.45. The lowest BCUT2D eigenvalue weighted by Crippen LogP contribution is -2.39. The Morgan fingerprint density at radius 2 is 2.50 bits per heavy atom. The van der Waals surface area contributed by atoms with E-state index in [0.717, 1.165) is 5.56 Å². The molecule has 0 unspecified atom stereocenters. The number of carbonyl (C=O) groups is 1. The molecule has 1 aromatic rings. The number of nitrogens with zero attached hydrogens (tertiary/aromatic N) is 1. The maximum absolute atomic E-state index is 10.6. The predicted molar refractivity (Wildman–Crippen MR) is 43.8 cm³/mol. The molecule has 12 heavy (non-hydrogen) atoms. The minimum Gasteiger partial charge on any atom is -0.333 e. The van der Waals surface area contributed by atoms with Crippen molar-refractivity contribution in [3.05, 3.63) is 30.1 Å². The van der Waals surface area contributed by atoms with Crippen molar-refractivity contribution in [2.24, 2.45) is 5.84 Å². The van der Waals surface area contributed by atoms with Crippen LogP contribution in [0, 0.1) is 0 Å². The Labute approximate surface area is 70.0 Å². The van der Waals surface area contributed by atoms with Crippen LogP contribution in [-0.4, -0.2) is 11.0 Å². The van der Waals surface area contributed by atoms with Crippen LogP contribution in [0.25, 0.3) is 0 Å². The number of hydrogen-bond donors (Lipinski definition) is 3. The number of carbonyl (C=O) groups excluding carboxylic acids is 1. The summed E-state index contributed by atoms with van der Waals surface area (Å²) in [6, 6.07) is 3.26. The van der Waals surface area contributed by atoms with Gasteiger partial charge in [0.2, 0.25) is 0 Å². The van der Waals surface area contributed by atoms with Gasteiger partial charge in [0, 0.05) is 18.9 Å². The Balaban J connectivity index is 2.38. The van der Waals surface area contributed by atoms with E-state index in [-0.39, 0.29) is 0 Å². The summed E-state index contributed by atoms with van der Waals surface area (Å²) in [6.07, 6.45) is 3.35. The lowest BCUT2D eigenvalue weighted by Gasteiger charge is -2.02. The highest BCUT2D eigenvalue weighted by molar-refractivity contribution is 5.72. The van der Waals surface area contributed by atoms with Gasteiger partial charge in [0.05, 0.1) is 0 Å². The molecule has 0 aromatic carbocycles. The molecule has 1 aromatic heterocycles. The van der Waals surface area contributed by atoms with Gasteiger partial charge in [-0.3, -0.25) is 10.4 Å². The molecule has 0 fully saturated rings. The Bertz CT molecular complexity index is 249. The molecule has 0 saturated carbocycles. The lowest BCUT2D eigenvalue weighted by atomic mass is 10.3. The van der Waals surface area contributed by atoms with Gasteiger partial charge in [0.1, 0.15) is 0 Å². The summed E-state index contributed by atoms with van der Waals surface area (Å²) in [7, 11) is 0. The average Bonchev–Trinajstić information content (AvgIpc) is 2.16. The van der Waals surface area contributed by atoms with Gasteiger partial charge in [-0.1, -0.05) is 6.07 Å². The monoisotopic (exact) mass is 166 g/mol. The molecule has 0 atom stereocenters. The van der Waals surface area contributed by atoms with E-state index >= 15 is 0 Å². The quantitative estimate of drug-likeness (QED) is 0.322. The zero-order valence-corrected chi connectivity index (χ0v) is 6.45. The molecule has 0 aliphatic carbocycles. The van der Waals surface area contributed by atoms with E-state index in [4.69, 9.17) is 5.84 Å². The molecule has 1 heterocycles. The van der Waals surface area contributed by atoms with E-state index in [1.54, 1.807) is 18.5 Å². The van der Waals surface area contributed by atoms with E-state index in [9.17, 15) is 4.79 Å². The van der Waals surface area contributed by atoms with Gasteiger partial charge < -0.3 is 5.32 Å². The molecule has 4 N–H and O–H groups in total. The van der Waals surface area contributed by atoms with Crippen molar-refractivity contribution in [2.45, 2.75) is 6.54 Å². The Morgan fingerprint density at radius 3 is 3.08 bits per heavy atom. The smallest absolute Gasteiger partial charge is 0.329 e. The number of hydrogen-bond acceptors (Lipinski definition) is 3. The molecule has 5 nitrogen and oxygen atoms in total. The molecule has 0 bridgehead atoms. The molecule has 0 radical (unpaired) electrons. The number of amides is 2. The molecule has 0 aliphatic heterocycles. The highest BCUT2D eigenvalue weighted by atomic mass is 16.2. The molecule has 1 rings (SSSR count). The van der Waals surface area contributed by atoms with Crippen molar-refractivity contribution in [3.63, 3.8) is 0 Å². The van der Waals surface area contributed by atoms with Gasteiger partial charge in [0.15, 0.2) is 0 Å². The van der Waals surface area contributed by atoms with Gasteiger partial charge in [-0.15, -0.1) is 0 Å². The van der Waals surface area contributed by atoms with Gasteiger partial charge in [-0.25, -0.2) is 10.6 Å². The number of aromatic nitrogens is 1. The Kier molecular flexibility index (Phi) is 3.04. The van der Waals surface area contributed by atoms with Crippen LogP contribution in [0.5, 0.6) is 0 Å². The van der Waals surface area contributed by atoms with Crippen LogP contribution in [0.4, 0.5) is 4.79 Å². The molecule has 0 aliphatic rings. The molecule has 0 spiro atoms. The van der Waals surface area contributed by atoms with Gasteiger partial charge in [-0.05, 0) is 11.6 Å². The van der Waals surface area contributed by atoms with Gasteiger partial charge in [0.25, 0.3) is 0 Å². The van der Waals surface area contributed by atoms with Gasteiger partial charge >= 0.3 is 6.03 Å². The van der Waals surface area contributed by atoms with Crippen molar-refractivity contribution >= 4 is 6.03 Å². The maximum atomic E-state index is 10.6. The summed E-state index contributed by atoms with van der Waals surface area (Å²) in [4.78, 5) is 14.5. The molecular weight excluding hydrogens is 156 g/mol. The molecule has 64 valence electrons. The third-order valence-corrected chi connectivity index (χ3v) is 1.31. The largest absolute Gasteiger partial charge is 0.333 e. The number of pyridine rings is 1. The van der Waals surface area contributed by atoms with Crippen LogP contribution >= 0.6 is 0 Å². The SMILES string of the molecule is NNC(=O)NCc1cccnc1. The van der Waals surface area contributed by atoms with E-state index in [1.165, 1.54) is 0 Å². The van der Waals surface area contributed by atoms with Crippen molar-refractivity contribution in [2.75, 3.05) is 0 Å². The number of nitrogens with two attached hydrogens (primary N) is 1. The Morgan fingerprint density at radius 1 is 1.67 bits per heavy atom. The van der Waals surface area contributed by atoms with E-state index in [0.29, 0.717) is 6.54 Å². The minimum atomic E-state index is -0.404. The van der Waals surface area contributed by atoms with Crippen LogP contribution in [-0.2, 0) is 6.54 Å². The number of hydrazine groups is 1. The topological polar surface area (TPSA) is 80.0 Å². The van der Waals surface area contributed by atoms with Crippen molar-refractivity contribution in [3.8, 4) is 0 Å². The lowest BCUT2D eigenvalue weighted by molar-refractivity contribution is 0.241. The van der Waals surface area contributed by atoms with Crippen molar-refractivity contribution < 1.29 is 4.79 Å². The van der Waals surface area contributed by atoms with Crippen molar-refractivity contribution in [1.29, 1.82) is 0 Å². The zero-order chi connectivity index (χ0) is 8.81. The molecule has 5 heteroatoms. The first kappa shape index (κ1) is 8.48. The fourth-order valence-electron chi connectivity index (χ4n) is 0.736. The normalized spacial score (nSPS) is 9.08. The summed E-state index contributed by atoms with van der Waals surface area (Å²) in [5, 5.41) is 2.53. The highest BCUT2D eigenvalue weighted by Gasteiger charge is 1.95. The summed E-state index contributed by atoms with van der Waals surface area (Å²) < 4.78 is 0. The first-order valence-corrected chi connectivity index (χ1v) is 3.46. The van der Waals surface area contributed by atoms with Crippen LogP contribution < -0.4 is 16.6 Å². The van der Waals surface area contributed by atoms with E-state index in [1.807, 2.05) is 11.5 Å². The van der Waals surface area contributed by atoms with E-state index in [2.05, 4.69) is 10.3 Å². The standard InChI is InChI=1S/C7H10N4O/c8-11-7(12)10-5-6-2-1-3-9-4-6/h1-4H,5,8H2,(H2,10,11,12). The van der Waals surface area contributed by atoms with Gasteiger partial charge in [-0.2, -0.15) is 0 Å². The van der Waals surface area contributed by atoms with Crippen LogP contribution in [0.15, 0.2) is 24.5 Å². The predicted octanol–water partition coefficient (Wildman–Crippen LogP) is -0.246. The summed E-state index contributed by atoms with van der Waals surface area (Å²) in [6.45, 7) is 0.427. The minimum absolute atomic E-state index is 0.404. The van der Waals surface area contributed by atoms with E-state index < -0.39 is 6.03 Å². The molecule has 2 amide bonds. The first-order chi connectivity index (χ1) is 5.83. The second kappa shape index (κ2) is 4.30. The maximum Gasteiger partial charge on any atom is 0.329 e. The second-order valence-electron chi connectivity index (χ2n) is 2.19. The fourth-order valence-corrected chi connectivity index (χ4v) is 0.736. The van der Waals surface area contributed by atoms with Crippen LogP contribution in [0.1, 0.15) is 5.56 Å². The highest BCUT2D eigenvalue weighted by Crippen LogP contribution is 1.93.